The zero-order chi connectivity index (χ0) is 20.1. The third-order valence-electron chi connectivity index (χ3n) is 6.59. The summed E-state index contributed by atoms with van der Waals surface area (Å²) in [5.74, 6) is -0.514. The Balaban J connectivity index is 1.64. The van der Waals surface area contributed by atoms with Gasteiger partial charge in [-0.15, -0.1) is 0 Å². The zero-order valence-electron chi connectivity index (χ0n) is 15.8. The van der Waals surface area contributed by atoms with E-state index in [1.54, 1.807) is 18.4 Å². The number of furan rings is 1. The van der Waals surface area contributed by atoms with Crippen LogP contribution in [0.15, 0.2) is 34.4 Å². The van der Waals surface area contributed by atoms with E-state index in [4.69, 9.17) is 4.42 Å². The number of nitrogens with one attached hydrogen (secondary N) is 1. The number of allylic oxidation sites excluding steroid dienone is 1. The van der Waals surface area contributed by atoms with Crippen molar-refractivity contribution in [2.24, 2.45) is 4.99 Å². The summed E-state index contributed by atoms with van der Waals surface area (Å²) in [5.41, 5.74) is 6.81. The number of ketones is 2. The molecular formula is C22H17N3O4. The minimum atomic E-state index is -0.482. The summed E-state index contributed by atoms with van der Waals surface area (Å²) in [6.45, 7) is 7.09. The van der Waals surface area contributed by atoms with E-state index in [2.05, 4.69) is 23.9 Å². The van der Waals surface area contributed by atoms with Gasteiger partial charge in [0.25, 0.3) is 5.91 Å². The van der Waals surface area contributed by atoms with E-state index < -0.39 is 5.41 Å². The fraction of sp³-hybridized carbons (Fsp3) is 0.273. The number of fused-ring (bicyclic) bond motifs is 4. The van der Waals surface area contributed by atoms with Crippen molar-refractivity contribution < 1.29 is 18.8 Å². The van der Waals surface area contributed by atoms with E-state index in [1.165, 1.54) is 5.01 Å². The summed E-state index contributed by atoms with van der Waals surface area (Å²) in [7, 11) is 0. The second-order valence-corrected chi connectivity index (χ2v) is 8.14. The summed E-state index contributed by atoms with van der Waals surface area (Å²) in [4.78, 5) is 43.6. The topological polar surface area (TPSA) is 92.0 Å². The van der Waals surface area contributed by atoms with Crippen LogP contribution in [0.4, 0.5) is 0 Å². The molecule has 1 N–H and O–H groups in total. The normalized spacial score (nSPS) is 24.6. The van der Waals surface area contributed by atoms with Crippen molar-refractivity contribution in [2.45, 2.75) is 25.2 Å². The van der Waals surface area contributed by atoms with Crippen molar-refractivity contribution in [3.63, 3.8) is 0 Å². The average molecular weight is 387 g/mol. The standard InChI is InChI=1S/C22H17N3O4/c1-10-3-4-22(2)15-8-11-12(21(28)25-20(18(11)27)23-5-6-24-25)7-13(15)17(26)19-16(22)14(10)9-29-19/h7-9,24H,1,3-6H2,2H3/t22-/m0/s1. The lowest BCUT2D eigenvalue weighted by molar-refractivity contribution is 0.0747. The van der Waals surface area contributed by atoms with Gasteiger partial charge in [-0.3, -0.25) is 19.4 Å². The Labute approximate surface area is 166 Å². The number of Topliss-reactive ketones (excluding diaryl/α,β-unsaturated/α-hetero) is 1. The van der Waals surface area contributed by atoms with Gasteiger partial charge in [-0.05, 0) is 36.1 Å². The SMILES string of the molecule is C=C1CC[C@@]2(C)c3cc4c(cc3C(=O)c3occ1c32)C(=O)N1NCCN=C1C4=O. The molecule has 3 heterocycles. The number of aliphatic imine (C=N–C) groups is 1. The number of hydrazine groups is 1. The van der Waals surface area contributed by atoms with Crippen LogP contribution in [0, 0.1) is 0 Å². The molecule has 0 saturated carbocycles. The number of hydrogen-bond acceptors (Lipinski definition) is 6. The van der Waals surface area contributed by atoms with Crippen LogP contribution in [-0.2, 0) is 5.41 Å². The van der Waals surface area contributed by atoms with Gasteiger partial charge in [-0.2, -0.15) is 0 Å². The lowest BCUT2D eigenvalue weighted by atomic mass is 9.61. The van der Waals surface area contributed by atoms with E-state index in [0.29, 0.717) is 30.0 Å². The van der Waals surface area contributed by atoms with Crippen LogP contribution >= 0.6 is 0 Å². The molecule has 29 heavy (non-hydrogen) atoms. The van der Waals surface area contributed by atoms with E-state index in [-0.39, 0.29) is 28.9 Å². The molecule has 6 rings (SSSR count). The molecule has 4 aliphatic rings. The molecule has 2 aromatic rings. The molecule has 144 valence electrons. The van der Waals surface area contributed by atoms with Crippen LogP contribution in [0.2, 0.25) is 0 Å². The van der Waals surface area contributed by atoms with Gasteiger partial charge in [0.15, 0.2) is 11.6 Å². The average Bonchev–Trinajstić information content (AvgIpc) is 3.20. The maximum Gasteiger partial charge on any atom is 0.274 e. The van der Waals surface area contributed by atoms with Crippen molar-refractivity contribution in [3.05, 3.63) is 64.1 Å². The van der Waals surface area contributed by atoms with Gasteiger partial charge >= 0.3 is 0 Å². The summed E-state index contributed by atoms with van der Waals surface area (Å²) in [5, 5.41) is 1.19. The molecule has 1 atom stereocenters. The van der Waals surface area contributed by atoms with Crippen molar-refractivity contribution in [1.29, 1.82) is 0 Å². The van der Waals surface area contributed by atoms with Gasteiger partial charge in [0.2, 0.25) is 11.6 Å². The molecule has 7 nitrogen and oxygen atoms in total. The Bertz CT molecular complexity index is 1230. The Kier molecular flexibility index (Phi) is 2.97. The Morgan fingerprint density at radius 3 is 2.79 bits per heavy atom. The molecule has 0 saturated heterocycles. The highest BCUT2D eigenvalue weighted by molar-refractivity contribution is 6.51. The molecule has 1 aromatic heterocycles. The van der Waals surface area contributed by atoms with E-state index in [9.17, 15) is 14.4 Å². The number of carbonyl (C=O) groups is 3. The van der Waals surface area contributed by atoms with Crippen LogP contribution < -0.4 is 5.43 Å². The number of benzene rings is 1. The lowest BCUT2D eigenvalue weighted by Crippen LogP contribution is -2.56. The highest BCUT2D eigenvalue weighted by Crippen LogP contribution is 2.52. The smallest absolute Gasteiger partial charge is 0.274 e. The molecule has 0 spiro atoms. The summed E-state index contributed by atoms with van der Waals surface area (Å²) in [6.07, 6.45) is 3.12. The molecule has 0 bridgehead atoms. The van der Waals surface area contributed by atoms with Crippen LogP contribution in [-0.4, -0.2) is 41.4 Å². The number of amides is 1. The molecule has 1 aromatic carbocycles. The van der Waals surface area contributed by atoms with Gasteiger partial charge in [0, 0.05) is 34.2 Å². The predicted molar refractivity (Wildman–Crippen MR) is 104 cm³/mol. The maximum absolute atomic E-state index is 13.2. The van der Waals surface area contributed by atoms with Crippen molar-refractivity contribution in [1.82, 2.24) is 10.4 Å². The van der Waals surface area contributed by atoms with Gasteiger partial charge in [-0.1, -0.05) is 13.5 Å². The summed E-state index contributed by atoms with van der Waals surface area (Å²) >= 11 is 0. The van der Waals surface area contributed by atoms with Crippen LogP contribution in [0.1, 0.15) is 73.3 Å². The predicted octanol–water partition coefficient (Wildman–Crippen LogP) is 2.49. The van der Waals surface area contributed by atoms with Crippen molar-refractivity contribution in [3.8, 4) is 0 Å². The van der Waals surface area contributed by atoms with E-state index >= 15 is 0 Å². The quantitative estimate of drug-likeness (QED) is 0.750. The van der Waals surface area contributed by atoms with Crippen LogP contribution in [0.3, 0.4) is 0 Å². The van der Waals surface area contributed by atoms with Gasteiger partial charge in [-0.25, -0.2) is 10.4 Å². The third kappa shape index (κ3) is 1.86. The minimum absolute atomic E-state index is 0.114. The summed E-state index contributed by atoms with van der Waals surface area (Å²) < 4.78 is 5.67. The minimum Gasteiger partial charge on any atom is -0.460 e. The number of carbonyl (C=O) groups excluding carboxylic acids is 3. The molecule has 2 aliphatic heterocycles. The molecule has 0 fully saturated rings. The van der Waals surface area contributed by atoms with Gasteiger partial charge in [0.05, 0.1) is 18.4 Å². The van der Waals surface area contributed by atoms with Crippen molar-refractivity contribution in [2.75, 3.05) is 13.1 Å². The fourth-order valence-corrected chi connectivity index (χ4v) is 5.05. The monoisotopic (exact) mass is 387 g/mol. The van der Waals surface area contributed by atoms with E-state index in [0.717, 1.165) is 35.1 Å². The second-order valence-electron chi connectivity index (χ2n) is 8.14. The number of amidine groups is 1. The maximum atomic E-state index is 13.2. The highest BCUT2D eigenvalue weighted by atomic mass is 16.3. The first-order chi connectivity index (χ1) is 13.9. The van der Waals surface area contributed by atoms with Crippen molar-refractivity contribution >= 4 is 28.9 Å². The van der Waals surface area contributed by atoms with Crippen LogP contribution in [0.25, 0.3) is 5.57 Å². The molecule has 1 amide bonds. The Hall–Kier alpha value is -3.32. The number of rotatable bonds is 0. The second kappa shape index (κ2) is 5.18. The molecule has 0 radical (unpaired) electrons. The molecule has 7 heteroatoms. The lowest BCUT2D eigenvalue weighted by Gasteiger charge is -2.40. The first-order valence-corrected chi connectivity index (χ1v) is 9.62. The number of hydrogen-bond donors (Lipinski definition) is 1. The Morgan fingerprint density at radius 1 is 1.14 bits per heavy atom. The van der Waals surface area contributed by atoms with E-state index in [1.807, 2.05) is 0 Å². The van der Waals surface area contributed by atoms with Crippen LogP contribution in [0.5, 0.6) is 0 Å². The highest BCUT2D eigenvalue weighted by Gasteiger charge is 2.48. The number of nitrogens with zero attached hydrogens (tertiary/aromatic N) is 2. The Morgan fingerprint density at radius 2 is 1.97 bits per heavy atom. The first kappa shape index (κ1) is 16.6. The zero-order valence-corrected chi connectivity index (χ0v) is 15.8. The third-order valence-corrected chi connectivity index (χ3v) is 6.59. The summed E-state index contributed by atoms with van der Waals surface area (Å²) in [6, 6.07) is 3.28. The fourth-order valence-electron chi connectivity index (χ4n) is 5.05. The molecular weight excluding hydrogens is 370 g/mol. The largest absolute Gasteiger partial charge is 0.460 e. The van der Waals surface area contributed by atoms with Gasteiger partial charge < -0.3 is 4.42 Å². The van der Waals surface area contributed by atoms with Gasteiger partial charge in [0.1, 0.15) is 0 Å². The molecule has 0 unspecified atom stereocenters. The molecule has 2 aliphatic carbocycles. The first-order valence-electron chi connectivity index (χ1n) is 9.62.